The zero-order chi connectivity index (χ0) is 20.3. The molecule has 8 heteroatoms. The van der Waals surface area contributed by atoms with Crippen LogP contribution >= 0.6 is 0 Å². The highest BCUT2D eigenvalue weighted by Crippen LogP contribution is 2.30. The molecule has 1 atom stereocenters. The second-order valence-electron chi connectivity index (χ2n) is 7.74. The van der Waals surface area contributed by atoms with Gasteiger partial charge in [0.2, 0.25) is 11.8 Å². The number of hydrogen-bond donors (Lipinski definition) is 1. The van der Waals surface area contributed by atoms with Gasteiger partial charge in [-0.1, -0.05) is 25.1 Å². The van der Waals surface area contributed by atoms with Crippen LogP contribution in [0, 0.1) is 5.92 Å². The molecule has 1 aromatic rings. The molecule has 1 aromatic carbocycles. The highest BCUT2D eigenvalue weighted by atomic mass is 19.4. The Labute approximate surface area is 162 Å². The molecule has 0 spiro atoms. The van der Waals surface area contributed by atoms with Gasteiger partial charge >= 0.3 is 6.18 Å². The minimum absolute atomic E-state index is 0.0547. The van der Waals surface area contributed by atoms with Crippen molar-refractivity contribution in [2.75, 3.05) is 26.2 Å². The molecule has 0 unspecified atom stereocenters. The van der Waals surface area contributed by atoms with E-state index in [4.69, 9.17) is 0 Å². The van der Waals surface area contributed by atoms with Crippen molar-refractivity contribution in [3.05, 3.63) is 35.4 Å². The Bertz CT molecular complexity index is 715. The van der Waals surface area contributed by atoms with Gasteiger partial charge in [0.25, 0.3) is 0 Å². The van der Waals surface area contributed by atoms with E-state index in [9.17, 15) is 22.8 Å². The first-order valence-electron chi connectivity index (χ1n) is 9.69. The fourth-order valence-electron chi connectivity index (χ4n) is 3.81. The monoisotopic (exact) mass is 397 g/mol. The Hall–Kier alpha value is -2.09. The van der Waals surface area contributed by atoms with Gasteiger partial charge in [-0.2, -0.15) is 13.2 Å². The number of hydrogen-bond acceptors (Lipinski definition) is 3. The average Bonchev–Trinajstić information content (AvgIpc) is 2.64. The van der Waals surface area contributed by atoms with Crippen molar-refractivity contribution in [2.45, 2.75) is 44.9 Å². The summed E-state index contributed by atoms with van der Waals surface area (Å²) < 4.78 is 38.9. The van der Waals surface area contributed by atoms with Gasteiger partial charge in [-0.3, -0.25) is 14.5 Å². The van der Waals surface area contributed by atoms with Gasteiger partial charge in [0.15, 0.2) is 0 Å². The lowest BCUT2D eigenvalue weighted by Crippen LogP contribution is -2.56. The lowest BCUT2D eigenvalue weighted by Gasteiger charge is -2.37. The predicted octanol–water partition coefficient (Wildman–Crippen LogP) is 2.65. The number of piperidine rings is 1. The normalized spacial score (nSPS) is 22.2. The quantitative estimate of drug-likeness (QED) is 0.850. The number of carbonyl (C=O) groups excluding carboxylic acids is 2. The molecule has 2 saturated heterocycles. The molecule has 2 fully saturated rings. The molecule has 0 saturated carbocycles. The minimum Gasteiger partial charge on any atom is -0.353 e. The van der Waals surface area contributed by atoms with Crippen molar-refractivity contribution in [1.29, 1.82) is 0 Å². The minimum atomic E-state index is -4.41. The average molecular weight is 397 g/mol. The summed E-state index contributed by atoms with van der Waals surface area (Å²) in [6, 6.07) is 4.47. The Morgan fingerprint density at radius 3 is 2.61 bits per heavy atom. The molecule has 0 bridgehead atoms. The van der Waals surface area contributed by atoms with Crippen molar-refractivity contribution in [2.24, 2.45) is 5.92 Å². The Kier molecular flexibility index (Phi) is 6.27. The summed E-state index contributed by atoms with van der Waals surface area (Å²) in [6.45, 7) is 4.67. The molecule has 0 aromatic heterocycles. The number of halogens is 3. The zero-order valence-corrected chi connectivity index (χ0v) is 16.0. The lowest BCUT2D eigenvalue weighted by atomic mass is 9.98. The van der Waals surface area contributed by atoms with E-state index in [1.807, 2.05) is 0 Å². The molecule has 2 amide bonds. The van der Waals surface area contributed by atoms with Crippen LogP contribution in [0.3, 0.4) is 0 Å². The summed E-state index contributed by atoms with van der Waals surface area (Å²) in [5.41, 5.74) is -0.227. The number of carbonyl (C=O) groups is 2. The smallest absolute Gasteiger partial charge is 0.353 e. The fourth-order valence-corrected chi connectivity index (χ4v) is 3.81. The largest absolute Gasteiger partial charge is 0.416 e. The molecule has 2 aliphatic rings. The van der Waals surface area contributed by atoms with Crippen molar-refractivity contribution in [1.82, 2.24) is 15.1 Å². The summed E-state index contributed by atoms with van der Waals surface area (Å²) in [7, 11) is 0. The van der Waals surface area contributed by atoms with Crippen LogP contribution in [-0.2, 0) is 22.3 Å². The van der Waals surface area contributed by atoms with Crippen LogP contribution in [0.15, 0.2) is 24.3 Å². The van der Waals surface area contributed by atoms with E-state index in [-0.39, 0.29) is 24.8 Å². The number of benzene rings is 1. The summed E-state index contributed by atoms with van der Waals surface area (Å²) >= 11 is 0. The van der Waals surface area contributed by atoms with E-state index in [0.29, 0.717) is 37.7 Å². The predicted molar refractivity (Wildman–Crippen MR) is 98.2 cm³/mol. The van der Waals surface area contributed by atoms with E-state index in [1.165, 1.54) is 6.07 Å². The second-order valence-corrected chi connectivity index (χ2v) is 7.74. The van der Waals surface area contributed by atoms with Crippen LogP contribution in [0.2, 0.25) is 0 Å². The zero-order valence-electron chi connectivity index (χ0n) is 16.0. The molecular formula is C20H26F3N3O2. The second kappa shape index (κ2) is 8.51. The topological polar surface area (TPSA) is 52.7 Å². The maximum atomic E-state index is 13.0. The van der Waals surface area contributed by atoms with Crippen molar-refractivity contribution < 1.29 is 22.8 Å². The number of piperazine rings is 1. The molecule has 0 aliphatic carbocycles. The van der Waals surface area contributed by atoms with Crippen LogP contribution in [0.4, 0.5) is 13.2 Å². The first kappa shape index (κ1) is 20.6. The van der Waals surface area contributed by atoms with E-state index < -0.39 is 17.8 Å². The number of rotatable bonds is 4. The van der Waals surface area contributed by atoms with Gasteiger partial charge < -0.3 is 10.2 Å². The summed E-state index contributed by atoms with van der Waals surface area (Å²) in [5, 5.41) is 2.77. The maximum Gasteiger partial charge on any atom is 0.416 e. The van der Waals surface area contributed by atoms with Gasteiger partial charge in [-0.25, -0.2) is 0 Å². The van der Waals surface area contributed by atoms with Crippen molar-refractivity contribution in [3.8, 4) is 0 Å². The van der Waals surface area contributed by atoms with E-state index in [2.05, 4.69) is 12.2 Å². The Balaban J connectivity index is 1.69. The summed E-state index contributed by atoms with van der Waals surface area (Å²) in [6.07, 6.45) is -2.44. The molecule has 5 nitrogen and oxygen atoms in total. The third kappa shape index (κ3) is 5.04. The molecule has 28 heavy (non-hydrogen) atoms. The highest BCUT2D eigenvalue weighted by Gasteiger charge is 2.34. The summed E-state index contributed by atoms with van der Waals surface area (Å²) in [5.74, 6) is 0.291. The highest BCUT2D eigenvalue weighted by molar-refractivity contribution is 5.88. The number of nitrogens with one attached hydrogen (secondary N) is 1. The third-order valence-corrected chi connectivity index (χ3v) is 5.59. The molecule has 2 aliphatic heterocycles. The number of alkyl halides is 3. The van der Waals surface area contributed by atoms with Crippen LogP contribution in [0.5, 0.6) is 0 Å². The Morgan fingerprint density at radius 2 is 1.93 bits per heavy atom. The number of likely N-dealkylation sites (tertiary alicyclic amines) is 1. The fraction of sp³-hybridized carbons (Fsp3) is 0.600. The molecule has 1 N–H and O–H groups in total. The maximum absolute atomic E-state index is 13.0. The molecule has 3 rings (SSSR count). The Morgan fingerprint density at radius 1 is 1.21 bits per heavy atom. The van der Waals surface area contributed by atoms with E-state index in [1.54, 1.807) is 15.9 Å². The van der Waals surface area contributed by atoms with Crippen LogP contribution in [0.1, 0.15) is 37.3 Å². The first-order chi connectivity index (χ1) is 13.2. The van der Waals surface area contributed by atoms with Crippen molar-refractivity contribution >= 4 is 11.8 Å². The van der Waals surface area contributed by atoms with Crippen molar-refractivity contribution in [3.63, 3.8) is 0 Å². The van der Waals surface area contributed by atoms with Crippen LogP contribution < -0.4 is 5.32 Å². The number of nitrogens with zero attached hydrogens (tertiary/aromatic N) is 2. The number of amides is 2. The third-order valence-electron chi connectivity index (χ3n) is 5.59. The first-order valence-corrected chi connectivity index (χ1v) is 9.69. The van der Waals surface area contributed by atoms with Crippen LogP contribution in [0.25, 0.3) is 0 Å². The van der Waals surface area contributed by atoms with E-state index >= 15 is 0 Å². The lowest BCUT2D eigenvalue weighted by molar-refractivity contribution is -0.140. The van der Waals surface area contributed by atoms with Gasteiger partial charge in [0, 0.05) is 32.7 Å². The van der Waals surface area contributed by atoms with E-state index in [0.717, 1.165) is 25.0 Å². The van der Waals surface area contributed by atoms with Gasteiger partial charge in [-0.05, 0) is 30.4 Å². The van der Waals surface area contributed by atoms with Gasteiger partial charge in [0.05, 0.1) is 18.0 Å². The standard InChI is InChI=1S/C20H26F3N3O2/c1-14-5-8-25(9-6-14)18(27)12-17-19(28)24-7-10-26(17)13-15-3-2-4-16(11-15)20(21,22)23/h2-4,11,14,17H,5-10,12-13H2,1H3,(H,24,28)/t17-/m0/s1. The van der Waals surface area contributed by atoms with Gasteiger partial charge in [-0.15, -0.1) is 0 Å². The molecule has 154 valence electrons. The summed E-state index contributed by atoms with van der Waals surface area (Å²) in [4.78, 5) is 28.7. The molecule has 2 heterocycles. The van der Waals surface area contributed by atoms with Crippen LogP contribution in [-0.4, -0.2) is 53.8 Å². The SMILES string of the molecule is CC1CCN(C(=O)C[C@H]2C(=O)NCCN2Cc2cccc(C(F)(F)F)c2)CC1. The molecular weight excluding hydrogens is 371 g/mol. The van der Waals surface area contributed by atoms with Gasteiger partial charge in [0.1, 0.15) is 0 Å². The molecule has 0 radical (unpaired) electrons.